The molecule has 26 heavy (non-hydrogen) atoms. The minimum absolute atomic E-state index is 0.102. The lowest BCUT2D eigenvalue weighted by Crippen LogP contribution is -2.51. The van der Waals surface area contributed by atoms with Crippen LogP contribution in [0.5, 0.6) is 0 Å². The van der Waals surface area contributed by atoms with Crippen LogP contribution < -0.4 is 0 Å². The number of hydrogen-bond donors (Lipinski definition) is 0. The van der Waals surface area contributed by atoms with Gasteiger partial charge in [-0.05, 0) is 37.7 Å². The fourth-order valence-corrected chi connectivity index (χ4v) is 4.00. The number of carbonyl (C=O) groups excluding carboxylic acids is 1. The summed E-state index contributed by atoms with van der Waals surface area (Å²) in [5.74, 6) is 2.03. The highest BCUT2D eigenvalue weighted by Crippen LogP contribution is 2.38. The average molecular weight is 357 g/mol. The summed E-state index contributed by atoms with van der Waals surface area (Å²) in [6.45, 7) is 3.90. The third-order valence-corrected chi connectivity index (χ3v) is 5.35. The second kappa shape index (κ2) is 7.11. The lowest BCUT2D eigenvalue weighted by molar-refractivity contribution is -0.123. The third kappa shape index (κ3) is 3.60. The van der Waals surface area contributed by atoms with Crippen LogP contribution in [0.2, 0.25) is 0 Å². The van der Waals surface area contributed by atoms with E-state index in [1.54, 1.807) is 18.5 Å². The number of aryl methyl sites for hydroxylation is 1. The van der Waals surface area contributed by atoms with Gasteiger partial charge in [-0.15, -0.1) is 0 Å². The van der Waals surface area contributed by atoms with E-state index in [-0.39, 0.29) is 17.3 Å². The Labute approximate surface area is 152 Å². The molecule has 2 aliphatic rings. The summed E-state index contributed by atoms with van der Waals surface area (Å²) in [5, 5.41) is 4.02. The van der Waals surface area contributed by atoms with Crippen molar-refractivity contribution >= 4 is 5.91 Å². The van der Waals surface area contributed by atoms with Crippen molar-refractivity contribution in [3.8, 4) is 0 Å². The predicted molar refractivity (Wildman–Crippen MR) is 91.3 cm³/mol. The molecular formula is C18H23N5O3. The summed E-state index contributed by atoms with van der Waals surface area (Å²) in [6.07, 6.45) is 7.68. The molecule has 1 unspecified atom stereocenters. The van der Waals surface area contributed by atoms with Gasteiger partial charge in [0, 0.05) is 45.4 Å². The molecule has 0 bridgehead atoms. The quantitative estimate of drug-likeness (QED) is 0.827. The molecule has 2 aromatic heterocycles. The number of likely N-dealkylation sites (tertiary alicyclic amines) is 1. The molecular weight excluding hydrogens is 334 g/mol. The van der Waals surface area contributed by atoms with Crippen molar-refractivity contribution in [3.63, 3.8) is 0 Å². The molecule has 0 N–H and O–H groups in total. The highest BCUT2D eigenvalue weighted by molar-refractivity contribution is 5.90. The van der Waals surface area contributed by atoms with Crippen LogP contribution in [0.15, 0.2) is 23.0 Å². The summed E-state index contributed by atoms with van der Waals surface area (Å²) in [7, 11) is 0. The van der Waals surface area contributed by atoms with Gasteiger partial charge in [-0.2, -0.15) is 4.98 Å². The van der Waals surface area contributed by atoms with Crippen LogP contribution in [0.3, 0.4) is 0 Å². The minimum atomic E-state index is -0.143. The maximum Gasteiger partial charge on any atom is 0.291 e. The molecule has 2 aromatic rings. The van der Waals surface area contributed by atoms with Gasteiger partial charge in [0.05, 0.1) is 5.60 Å². The van der Waals surface area contributed by atoms with Crippen molar-refractivity contribution in [1.29, 1.82) is 0 Å². The molecule has 4 heterocycles. The molecule has 8 heteroatoms. The first-order chi connectivity index (χ1) is 12.6. The van der Waals surface area contributed by atoms with Crippen LogP contribution >= 0.6 is 0 Å². The normalized spacial score (nSPS) is 22.5. The Balaban J connectivity index is 1.36. The molecule has 0 saturated carbocycles. The van der Waals surface area contributed by atoms with E-state index in [1.165, 1.54) is 0 Å². The van der Waals surface area contributed by atoms with Crippen LogP contribution in [0, 0.1) is 12.8 Å². The lowest BCUT2D eigenvalue weighted by atomic mass is 9.78. The minimum Gasteiger partial charge on any atom is -0.375 e. The summed E-state index contributed by atoms with van der Waals surface area (Å²) < 4.78 is 11.3. The number of nitrogens with zero attached hydrogens (tertiary/aromatic N) is 5. The van der Waals surface area contributed by atoms with Crippen molar-refractivity contribution in [1.82, 2.24) is 25.0 Å². The third-order valence-electron chi connectivity index (χ3n) is 5.35. The monoisotopic (exact) mass is 357 g/mol. The number of aromatic nitrogens is 4. The number of piperidine rings is 1. The van der Waals surface area contributed by atoms with Gasteiger partial charge in [0.1, 0.15) is 0 Å². The van der Waals surface area contributed by atoms with Gasteiger partial charge in [0.15, 0.2) is 5.82 Å². The maximum absolute atomic E-state index is 12.5. The van der Waals surface area contributed by atoms with E-state index in [1.807, 2.05) is 11.8 Å². The standard InChI is InChI=1S/C18H23N5O3/c1-13-21-15(22-26-13)11-14-3-10-25-18(12-14)4-8-23(9-5-18)17(24)16-19-6-2-7-20-16/h2,6-7,14H,3-5,8-12H2,1H3. The van der Waals surface area contributed by atoms with E-state index in [4.69, 9.17) is 9.26 Å². The van der Waals surface area contributed by atoms with E-state index in [9.17, 15) is 4.79 Å². The molecule has 0 aliphatic carbocycles. The molecule has 0 aromatic carbocycles. The number of rotatable bonds is 3. The van der Waals surface area contributed by atoms with E-state index in [0.29, 0.717) is 24.9 Å². The first-order valence-corrected chi connectivity index (χ1v) is 9.13. The molecule has 138 valence electrons. The molecule has 0 radical (unpaired) electrons. The summed E-state index contributed by atoms with van der Waals surface area (Å²) in [4.78, 5) is 26.8. The zero-order chi connectivity index (χ0) is 18.0. The number of ether oxygens (including phenoxy) is 1. The van der Waals surface area contributed by atoms with Crippen LogP contribution in [-0.4, -0.2) is 56.2 Å². The lowest BCUT2D eigenvalue weighted by Gasteiger charge is -2.46. The van der Waals surface area contributed by atoms with Gasteiger partial charge >= 0.3 is 0 Å². The zero-order valence-electron chi connectivity index (χ0n) is 14.9. The predicted octanol–water partition coefficient (Wildman–Crippen LogP) is 1.81. The highest BCUT2D eigenvalue weighted by atomic mass is 16.5. The van der Waals surface area contributed by atoms with Crippen molar-refractivity contribution in [3.05, 3.63) is 36.0 Å². The topological polar surface area (TPSA) is 94.2 Å². The van der Waals surface area contributed by atoms with E-state index in [2.05, 4.69) is 20.1 Å². The molecule has 1 spiro atoms. The number of amides is 1. The van der Waals surface area contributed by atoms with Gasteiger partial charge in [-0.1, -0.05) is 5.16 Å². The van der Waals surface area contributed by atoms with Gasteiger partial charge in [0.2, 0.25) is 11.7 Å². The Bertz CT molecular complexity index is 755. The van der Waals surface area contributed by atoms with Gasteiger partial charge < -0.3 is 14.2 Å². The molecule has 1 amide bonds. The van der Waals surface area contributed by atoms with Crippen LogP contribution in [-0.2, 0) is 11.2 Å². The summed E-state index contributed by atoms with van der Waals surface area (Å²) in [6, 6.07) is 1.71. The molecule has 4 rings (SSSR count). The Morgan fingerprint density at radius 1 is 1.31 bits per heavy atom. The van der Waals surface area contributed by atoms with E-state index < -0.39 is 0 Å². The first kappa shape index (κ1) is 17.1. The van der Waals surface area contributed by atoms with Crippen LogP contribution in [0.1, 0.15) is 48.0 Å². The molecule has 2 saturated heterocycles. The average Bonchev–Trinajstić information content (AvgIpc) is 3.07. The fourth-order valence-electron chi connectivity index (χ4n) is 4.00. The fraction of sp³-hybridized carbons (Fsp3) is 0.611. The highest BCUT2D eigenvalue weighted by Gasteiger charge is 2.41. The van der Waals surface area contributed by atoms with Gasteiger partial charge in [-0.3, -0.25) is 4.79 Å². The Kier molecular flexibility index (Phi) is 4.67. The molecule has 1 atom stereocenters. The largest absolute Gasteiger partial charge is 0.375 e. The first-order valence-electron chi connectivity index (χ1n) is 9.13. The second-order valence-electron chi connectivity index (χ2n) is 7.19. The van der Waals surface area contributed by atoms with Crippen molar-refractivity contribution in [2.24, 2.45) is 5.92 Å². The zero-order valence-corrected chi connectivity index (χ0v) is 14.9. The van der Waals surface area contributed by atoms with Gasteiger partial charge in [-0.25, -0.2) is 9.97 Å². The summed E-state index contributed by atoms with van der Waals surface area (Å²) in [5.41, 5.74) is -0.143. The van der Waals surface area contributed by atoms with Crippen molar-refractivity contribution in [2.75, 3.05) is 19.7 Å². The number of hydrogen-bond acceptors (Lipinski definition) is 7. The molecule has 2 fully saturated rings. The van der Waals surface area contributed by atoms with Crippen LogP contribution in [0.25, 0.3) is 0 Å². The maximum atomic E-state index is 12.5. The smallest absolute Gasteiger partial charge is 0.291 e. The van der Waals surface area contributed by atoms with E-state index in [0.717, 1.165) is 44.5 Å². The molecule has 8 nitrogen and oxygen atoms in total. The van der Waals surface area contributed by atoms with Crippen molar-refractivity contribution in [2.45, 2.75) is 44.6 Å². The Morgan fingerprint density at radius 3 is 2.77 bits per heavy atom. The SMILES string of the molecule is Cc1nc(CC2CCOC3(CCN(C(=O)c4ncccn4)CC3)C2)no1. The number of carbonyl (C=O) groups is 1. The van der Waals surface area contributed by atoms with Gasteiger partial charge in [0.25, 0.3) is 5.91 Å². The molecule has 2 aliphatic heterocycles. The Morgan fingerprint density at radius 2 is 2.08 bits per heavy atom. The Hall–Kier alpha value is -2.35. The summed E-state index contributed by atoms with van der Waals surface area (Å²) >= 11 is 0. The second-order valence-corrected chi connectivity index (χ2v) is 7.19. The van der Waals surface area contributed by atoms with E-state index >= 15 is 0 Å². The van der Waals surface area contributed by atoms with Crippen LogP contribution in [0.4, 0.5) is 0 Å². The van der Waals surface area contributed by atoms with Crippen molar-refractivity contribution < 1.29 is 14.1 Å².